The van der Waals surface area contributed by atoms with Crippen molar-refractivity contribution in [3.05, 3.63) is 53.3 Å². The van der Waals surface area contributed by atoms with Gasteiger partial charge in [-0.2, -0.15) is 0 Å². The van der Waals surface area contributed by atoms with Gasteiger partial charge in [-0.05, 0) is 24.5 Å². The van der Waals surface area contributed by atoms with E-state index in [0.717, 1.165) is 5.75 Å². The molecule has 0 bridgehead atoms. The molecule has 0 amide bonds. The van der Waals surface area contributed by atoms with Crippen molar-refractivity contribution in [1.82, 2.24) is 4.98 Å². The topological polar surface area (TPSA) is 42.4 Å². The average Bonchev–Trinajstić information content (AvgIpc) is 2.40. The van der Waals surface area contributed by atoms with Gasteiger partial charge in [0.15, 0.2) is 0 Å². The Morgan fingerprint density at radius 3 is 2.55 bits per heavy atom. The van der Waals surface area contributed by atoms with E-state index in [9.17, 15) is 0 Å². The van der Waals surface area contributed by atoms with Crippen LogP contribution in [0.3, 0.4) is 0 Å². The Hall–Kier alpha value is -1.87. The van der Waals surface area contributed by atoms with Crippen molar-refractivity contribution >= 4 is 0 Å². The molecule has 2 aromatic rings. The highest BCUT2D eigenvalue weighted by Crippen LogP contribution is 2.34. The van der Waals surface area contributed by atoms with Crippen LogP contribution < -0.4 is 4.74 Å². The number of aliphatic hydroxyl groups excluding tert-OH is 1. The molecule has 0 saturated carbocycles. The minimum atomic E-state index is -0.0861. The lowest BCUT2D eigenvalue weighted by Gasteiger charge is -2.23. The van der Waals surface area contributed by atoms with Crippen LogP contribution in [-0.2, 0) is 12.0 Å². The van der Waals surface area contributed by atoms with Crippen molar-refractivity contribution < 1.29 is 9.84 Å². The highest BCUT2D eigenvalue weighted by molar-refractivity contribution is 5.43. The lowest BCUT2D eigenvalue weighted by atomic mass is 9.85. The van der Waals surface area contributed by atoms with E-state index < -0.39 is 0 Å². The quantitative estimate of drug-likeness (QED) is 0.918. The lowest BCUT2D eigenvalue weighted by Crippen LogP contribution is -2.12. The summed E-state index contributed by atoms with van der Waals surface area (Å²) in [6.45, 7) is 8.49. The largest absolute Gasteiger partial charge is 0.457 e. The summed E-state index contributed by atoms with van der Waals surface area (Å²) in [7, 11) is 0. The fourth-order valence-corrected chi connectivity index (χ4v) is 2.05. The number of nitrogens with zero attached hydrogens (tertiary/aromatic N) is 1. The summed E-state index contributed by atoms with van der Waals surface area (Å²) in [6, 6.07) is 9.74. The summed E-state index contributed by atoms with van der Waals surface area (Å²) in [4.78, 5) is 4.05. The van der Waals surface area contributed by atoms with E-state index >= 15 is 0 Å². The van der Waals surface area contributed by atoms with Crippen LogP contribution in [0.5, 0.6) is 11.5 Å². The number of aliphatic hydroxyl groups is 1. The maximum atomic E-state index is 9.13. The second-order valence-corrected chi connectivity index (χ2v) is 5.99. The number of aromatic nitrogens is 1. The Bertz CT molecular complexity index is 600. The minimum absolute atomic E-state index is 0.00813. The number of ether oxygens (including phenoxy) is 1. The third-order valence-corrected chi connectivity index (χ3v) is 3.12. The normalized spacial score (nSPS) is 11.4. The average molecular weight is 271 g/mol. The van der Waals surface area contributed by atoms with Gasteiger partial charge in [0.25, 0.3) is 0 Å². The molecule has 1 aromatic carbocycles. The molecule has 106 valence electrons. The molecule has 0 atom stereocenters. The zero-order chi connectivity index (χ0) is 14.8. The lowest BCUT2D eigenvalue weighted by molar-refractivity contribution is 0.276. The van der Waals surface area contributed by atoms with Crippen LogP contribution in [0, 0.1) is 6.92 Å². The molecule has 0 aliphatic heterocycles. The predicted molar refractivity (Wildman–Crippen MR) is 80.1 cm³/mol. The molecule has 3 nitrogen and oxygen atoms in total. The zero-order valence-corrected chi connectivity index (χ0v) is 12.5. The maximum absolute atomic E-state index is 9.13. The fraction of sp³-hybridized carbons (Fsp3) is 0.353. The van der Waals surface area contributed by atoms with Crippen molar-refractivity contribution in [2.24, 2.45) is 0 Å². The highest BCUT2D eigenvalue weighted by Gasteiger charge is 2.19. The third-order valence-electron chi connectivity index (χ3n) is 3.12. The zero-order valence-electron chi connectivity index (χ0n) is 12.5. The molecule has 1 heterocycles. The maximum Gasteiger partial charge on any atom is 0.131 e. The van der Waals surface area contributed by atoms with Crippen LogP contribution in [0.2, 0.25) is 0 Å². The molecule has 0 spiro atoms. The monoisotopic (exact) mass is 271 g/mol. The van der Waals surface area contributed by atoms with Gasteiger partial charge in [-0.15, -0.1) is 0 Å². The fourth-order valence-electron chi connectivity index (χ4n) is 2.05. The van der Waals surface area contributed by atoms with Gasteiger partial charge in [0.2, 0.25) is 0 Å². The van der Waals surface area contributed by atoms with Crippen LogP contribution in [0.4, 0.5) is 0 Å². The molecule has 0 fully saturated rings. The van der Waals surface area contributed by atoms with E-state index in [4.69, 9.17) is 9.84 Å². The number of aryl methyl sites for hydroxylation is 1. The van der Waals surface area contributed by atoms with Gasteiger partial charge in [0, 0.05) is 17.8 Å². The molecule has 2 rings (SSSR count). The molecule has 0 unspecified atom stereocenters. The van der Waals surface area contributed by atoms with Crippen LogP contribution in [0.15, 0.2) is 36.5 Å². The number of hydrogen-bond donors (Lipinski definition) is 1. The summed E-state index contributed by atoms with van der Waals surface area (Å²) in [5, 5.41) is 9.13. The van der Waals surface area contributed by atoms with Gasteiger partial charge < -0.3 is 9.84 Å². The molecule has 0 aliphatic rings. The van der Waals surface area contributed by atoms with E-state index in [0.29, 0.717) is 11.4 Å². The first kappa shape index (κ1) is 14.5. The number of hydrogen-bond acceptors (Lipinski definition) is 3. The Balaban J connectivity index is 2.38. The van der Waals surface area contributed by atoms with Crippen molar-refractivity contribution in [3.63, 3.8) is 0 Å². The number of pyridine rings is 1. The van der Waals surface area contributed by atoms with E-state index in [1.54, 1.807) is 18.3 Å². The first-order valence-corrected chi connectivity index (χ1v) is 6.75. The van der Waals surface area contributed by atoms with Gasteiger partial charge in [-0.3, -0.25) is 4.98 Å². The Labute approximate surface area is 120 Å². The Kier molecular flexibility index (Phi) is 4.09. The summed E-state index contributed by atoms with van der Waals surface area (Å²) in [5.74, 6) is 1.54. The van der Waals surface area contributed by atoms with Gasteiger partial charge >= 0.3 is 0 Å². The summed E-state index contributed by atoms with van der Waals surface area (Å²) < 4.78 is 5.98. The first-order valence-electron chi connectivity index (χ1n) is 6.75. The van der Waals surface area contributed by atoms with Gasteiger partial charge in [-0.25, -0.2) is 0 Å². The number of rotatable bonds is 3. The molecule has 0 saturated heterocycles. The standard InChI is InChI=1S/C17H21NO2/c1-12-5-6-16(15(9-12)17(2,3)4)20-14-7-8-18-13(10-14)11-19/h5-10,19H,11H2,1-4H3. The van der Waals surface area contributed by atoms with Crippen molar-refractivity contribution in [3.8, 4) is 11.5 Å². The summed E-state index contributed by atoms with van der Waals surface area (Å²) in [5.41, 5.74) is 2.99. The highest BCUT2D eigenvalue weighted by atomic mass is 16.5. The van der Waals surface area contributed by atoms with Crippen LogP contribution in [0.1, 0.15) is 37.6 Å². The molecule has 20 heavy (non-hydrogen) atoms. The SMILES string of the molecule is Cc1ccc(Oc2ccnc(CO)c2)c(C(C)(C)C)c1. The van der Waals surface area contributed by atoms with E-state index in [2.05, 4.69) is 38.7 Å². The van der Waals surface area contributed by atoms with Gasteiger partial charge in [0.05, 0.1) is 12.3 Å². The van der Waals surface area contributed by atoms with Crippen molar-refractivity contribution in [2.75, 3.05) is 0 Å². The second-order valence-electron chi connectivity index (χ2n) is 5.99. The molecule has 1 aromatic heterocycles. The molecular formula is C17H21NO2. The Morgan fingerprint density at radius 2 is 1.90 bits per heavy atom. The van der Waals surface area contributed by atoms with E-state index in [-0.39, 0.29) is 12.0 Å². The molecule has 1 N–H and O–H groups in total. The first-order chi connectivity index (χ1) is 9.40. The van der Waals surface area contributed by atoms with Crippen molar-refractivity contribution in [2.45, 2.75) is 39.7 Å². The van der Waals surface area contributed by atoms with Gasteiger partial charge in [0.1, 0.15) is 11.5 Å². The third kappa shape index (κ3) is 3.36. The minimum Gasteiger partial charge on any atom is -0.457 e. The van der Waals surface area contributed by atoms with E-state index in [1.165, 1.54) is 11.1 Å². The second kappa shape index (κ2) is 5.63. The van der Waals surface area contributed by atoms with Crippen LogP contribution in [0.25, 0.3) is 0 Å². The van der Waals surface area contributed by atoms with Crippen LogP contribution in [-0.4, -0.2) is 10.1 Å². The molecular weight excluding hydrogens is 250 g/mol. The van der Waals surface area contributed by atoms with E-state index in [1.807, 2.05) is 12.1 Å². The molecule has 3 heteroatoms. The smallest absolute Gasteiger partial charge is 0.131 e. The molecule has 0 radical (unpaired) electrons. The Morgan fingerprint density at radius 1 is 1.15 bits per heavy atom. The molecule has 0 aliphatic carbocycles. The predicted octanol–water partition coefficient (Wildman–Crippen LogP) is 3.97. The number of benzene rings is 1. The summed E-state index contributed by atoms with van der Waals surface area (Å²) >= 11 is 0. The summed E-state index contributed by atoms with van der Waals surface area (Å²) in [6.07, 6.45) is 1.64. The van der Waals surface area contributed by atoms with Crippen molar-refractivity contribution in [1.29, 1.82) is 0 Å². The van der Waals surface area contributed by atoms with Crippen LogP contribution >= 0.6 is 0 Å². The van der Waals surface area contributed by atoms with Gasteiger partial charge in [-0.1, -0.05) is 38.5 Å².